The van der Waals surface area contributed by atoms with Gasteiger partial charge in [0.1, 0.15) is 0 Å². The summed E-state index contributed by atoms with van der Waals surface area (Å²) in [6, 6.07) is 0. The molecule has 4 nitrogen and oxygen atoms in total. The molecule has 0 saturated carbocycles. The molecule has 0 spiro atoms. The molecule has 25 heavy (non-hydrogen) atoms. The van der Waals surface area contributed by atoms with Gasteiger partial charge in [0.15, 0.2) is 0 Å². The van der Waals surface area contributed by atoms with E-state index < -0.39 is 5.97 Å². The van der Waals surface area contributed by atoms with Crippen LogP contribution in [-0.2, 0) is 29.1 Å². The molecule has 0 aliphatic carbocycles. The van der Waals surface area contributed by atoms with Gasteiger partial charge in [-0.25, -0.2) is 0 Å². The van der Waals surface area contributed by atoms with Crippen molar-refractivity contribution >= 4 is 11.9 Å². The zero-order valence-corrected chi connectivity index (χ0v) is 19.6. The van der Waals surface area contributed by atoms with Crippen molar-refractivity contribution in [3.63, 3.8) is 0 Å². The first-order chi connectivity index (χ1) is 11.5. The molecule has 0 aliphatic heterocycles. The van der Waals surface area contributed by atoms with Crippen LogP contribution in [0.2, 0.25) is 0 Å². The third kappa shape index (κ3) is 39.8. The Morgan fingerprint density at radius 2 is 1.16 bits per heavy atom. The van der Waals surface area contributed by atoms with Crippen LogP contribution in [-0.4, -0.2) is 17.0 Å². The van der Waals surface area contributed by atoms with Gasteiger partial charge in [0.05, 0.1) is 0 Å². The quantitative estimate of drug-likeness (QED) is 0.211. The van der Waals surface area contributed by atoms with Crippen LogP contribution in [0.3, 0.4) is 0 Å². The Kier molecular flexibility index (Phi) is 29.7. The van der Waals surface area contributed by atoms with Crippen molar-refractivity contribution in [2.75, 3.05) is 0 Å². The van der Waals surface area contributed by atoms with Crippen LogP contribution < -0.4 is 5.73 Å². The summed E-state index contributed by atoms with van der Waals surface area (Å²) in [5.41, 5.74) is 5.10. The Labute approximate surface area is 167 Å². The Morgan fingerprint density at radius 1 is 0.800 bits per heavy atom. The number of carboxylic acids is 1. The number of rotatable bonds is 15. The smallest absolute Gasteiger partial charge is 0.300 e. The van der Waals surface area contributed by atoms with Crippen LogP contribution in [0.4, 0.5) is 0 Å². The van der Waals surface area contributed by atoms with Gasteiger partial charge in [0.2, 0.25) is 5.91 Å². The molecule has 5 heteroatoms. The first kappa shape index (κ1) is 29.1. The van der Waals surface area contributed by atoms with Crippen molar-refractivity contribution in [2.24, 2.45) is 5.73 Å². The molecule has 0 bridgehead atoms. The normalized spacial score (nSPS) is 10.0. The molecule has 0 rings (SSSR count). The SMILES string of the molecule is CC(=O)O.CCCCCCCC/C=C\CCCCCCCC(N)=O.[Zn]. The van der Waals surface area contributed by atoms with Crippen LogP contribution in [0, 0.1) is 0 Å². The van der Waals surface area contributed by atoms with Gasteiger partial charge in [-0.2, -0.15) is 0 Å². The van der Waals surface area contributed by atoms with Crippen molar-refractivity contribution in [3.05, 3.63) is 12.2 Å². The fraction of sp³-hybridized carbons (Fsp3) is 0.800. The number of primary amides is 1. The third-order valence-electron chi connectivity index (χ3n) is 3.68. The summed E-state index contributed by atoms with van der Waals surface area (Å²) >= 11 is 0. The number of amides is 1. The molecule has 3 N–H and O–H groups in total. The van der Waals surface area contributed by atoms with Crippen molar-refractivity contribution in [1.82, 2.24) is 0 Å². The van der Waals surface area contributed by atoms with Crippen molar-refractivity contribution in [1.29, 1.82) is 0 Å². The van der Waals surface area contributed by atoms with E-state index in [1.807, 2.05) is 0 Å². The van der Waals surface area contributed by atoms with Crippen molar-refractivity contribution in [3.8, 4) is 0 Å². The van der Waals surface area contributed by atoms with Crippen LogP contribution in [0.15, 0.2) is 12.2 Å². The molecule has 0 saturated heterocycles. The molecule has 0 radical (unpaired) electrons. The number of unbranched alkanes of at least 4 members (excludes halogenated alkanes) is 11. The number of carbonyl (C=O) groups is 2. The summed E-state index contributed by atoms with van der Waals surface area (Å²) < 4.78 is 0. The van der Waals surface area contributed by atoms with Gasteiger partial charge in [0, 0.05) is 32.8 Å². The first-order valence-corrected chi connectivity index (χ1v) is 9.63. The second-order valence-corrected chi connectivity index (χ2v) is 6.32. The van der Waals surface area contributed by atoms with Gasteiger partial charge >= 0.3 is 0 Å². The number of hydrogen-bond donors (Lipinski definition) is 2. The van der Waals surface area contributed by atoms with Crippen LogP contribution >= 0.6 is 0 Å². The minimum atomic E-state index is -0.833. The van der Waals surface area contributed by atoms with Gasteiger partial charge in [-0.15, -0.1) is 0 Å². The molecule has 1 amide bonds. The largest absolute Gasteiger partial charge is 0.481 e. The summed E-state index contributed by atoms with van der Waals surface area (Å²) in [5.74, 6) is -0.998. The van der Waals surface area contributed by atoms with Gasteiger partial charge in [-0.05, 0) is 32.1 Å². The van der Waals surface area contributed by atoms with E-state index in [0.29, 0.717) is 6.42 Å². The average Bonchev–Trinajstić information content (AvgIpc) is 2.50. The monoisotopic (exact) mass is 405 g/mol. The molecule has 144 valence electrons. The molecule has 0 aromatic heterocycles. The molecular formula is C20H39NO3Zn. The minimum absolute atomic E-state index is 0. The van der Waals surface area contributed by atoms with E-state index in [9.17, 15) is 4.79 Å². The van der Waals surface area contributed by atoms with E-state index in [0.717, 1.165) is 19.8 Å². The molecule has 0 aromatic carbocycles. The number of allylic oxidation sites excluding steroid dienone is 2. The Morgan fingerprint density at radius 3 is 1.56 bits per heavy atom. The van der Waals surface area contributed by atoms with E-state index in [1.54, 1.807) is 0 Å². The maximum absolute atomic E-state index is 10.5. The molecule has 0 fully saturated rings. The van der Waals surface area contributed by atoms with Crippen LogP contribution in [0.5, 0.6) is 0 Å². The second-order valence-electron chi connectivity index (χ2n) is 6.32. The average molecular weight is 407 g/mol. The van der Waals surface area contributed by atoms with Gasteiger partial charge in [0.25, 0.3) is 5.97 Å². The van der Waals surface area contributed by atoms with Gasteiger partial charge in [-0.3, -0.25) is 9.59 Å². The summed E-state index contributed by atoms with van der Waals surface area (Å²) in [6.07, 6.45) is 21.9. The van der Waals surface area contributed by atoms with Crippen molar-refractivity contribution < 1.29 is 34.2 Å². The fourth-order valence-corrected chi connectivity index (χ4v) is 2.37. The maximum atomic E-state index is 10.5. The summed E-state index contributed by atoms with van der Waals surface area (Å²) in [5, 5.41) is 7.42. The van der Waals surface area contributed by atoms with Gasteiger partial charge in [-0.1, -0.05) is 70.4 Å². The fourth-order valence-electron chi connectivity index (χ4n) is 2.37. The van der Waals surface area contributed by atoms with Crippen molar-refractivity contribution in [2.45, 2.75) is 104 Å². The molecule has 0 heterocycles. The zero-order chi connectivity index (χ0) is 18.5. The Balaban J connectivity index is -0.000000867. The van der Waals surface area contributed by atoms with Crippen LogP contribution in [0.1, 0.15) is 104 Å². The van der Waals surface area contributed by atoms with E-state index in [-0.39, 0.29) is 25.4 Å². The molecule has 0 atom stereocenters. The molecule has 0 aliphatic rings. The van der Waals surface area contributed by atoms with Crippen LogP contribution in [0.25, 0.3) is 0 Å². The summed E-state index contributed by atoms with van der Waals surface area (Å²) in [7, 11) is 0. The predicted molar refractivity (Wildman–Crippen MR) is 102 cm³/mol. The van der Waals surface area contributed by atoms with E-state index in [1.165, 1.54) is 70.6 Å². The maximum Gasteiger partial charge on any atom is 0.300 e. The van der Waals surface area contributed by atoms with Gasteiger partial charge < -0.3 is 10.8 Å². The molecular weight excluding hydrogens is 368 g/mol. The second kappa shape index (κ2) is 25.5. The Bertz CT molecular complexity index is 316. The summed E-state index contributed by atoms with van der Waals surface area (Å²) in [6.45, 7) is 3.35. The van der Waals surface area contributed by atoms with E-state index >= 15 is 0 Å². The van der Waals surface area contributed by atoms with E-state index in [4.69, 9.17) is 15.6 Å². The number of carboxylic acid groups (broad SMARTS) is 1. The Hall–Kier alpha value is -0.697. The topological polar surface area (TPSA) is 80.4 Å². The molecule has 0 unspecified atom stereocenters. The number of hydrogen-bond acceptors (Lipinski definition) is 2. The first-order valence-electron chi connectivity index (χ1n) is 9.63. The predicted octanol–water partition coefficient (Wildman–Crippen LogP) is 5.60. The standard InChI is InChI=1S/C18H35NO.C2H4O2.Zn/c1-2-3-4-5-6-7-8-9-10-11-12-13-14-15-16-17-18(19)20;1-2(3)4;/h9-10H,2-8,11-17H2,1H3,(H2,19,20);1H3,(H,3,4);/b10-9-;;. The zero-order valence-electron chi connectivity index (χ0n) is 16.6. The number of carbonyl (C=O) groups excluding carboxylic acids is 1. The third-order valence-corrected chi connectivity index (χ3v) is 3.68. The van der Waals surface area contributed by atoms with E-state index in [2.05, 4.69) is 19.1 Å². The number of aliphatic carboxylic acids is 1. The number of nitrogens with two attached hydrogens (primary N) is 1. The minimum Gasteiger partial charge on any atom is -0.481 e. The molecule has 0 aromatic rings. The summed E-state index contributed by atoms with van der Waals surface area (Å²) in [4.78, 5) is 19.5.